The van der Waals surface area contributed by atoms with Gasteiger partial charge >= 0.3 is 0 Å². The van der Waals surface area contributed by atoms with Crippen molar-refractivity contribution >= 4 is 21.6 Å². The maximum Gasteiger partial charge on any atom is 0.272 e. The number of sulfonamides is 1. The van der Waals surface area contributed by atoms with Crippen LogP contribution in [0.2, 0.25) is 0 Å². The van der Waals surface area contributed by atoms with Gasteiger partial charge in [-0.05, 0) is 37.3 Å². The number of aliphatic hydroxyl groups excluding tert-OH is 1. The summed E-state index contributed by atoms with van der Waals surface area (Å²) in [5.74, 6) is -0.779. The van der Waals surface area contributed by atoms with Crippen LogP contribution in [0.1, 0.15) is 38.3 Å². The van der Waals surface area contributed by atoms with E-state index < -0.39 is 21.4 Å². The number of nitrogens with one attached hydrogen (secondary N) is 1. The molecule has 0 fully saturated rings. The normalized spacial score (nSPS) is 13.2. The highest BCUT2D eigenvalue weighted by Crippen LogP contribution is 2.20. The van der Waals surface area contributed by atoms with Crippen LogP contribution in [0.25, 0.3) is 0 Å². The molecule has 1 unspecified atom stereocenters. The molecule has 9 heteroatoms. The number of carbonyl (C=O) groups excluding carboxylic acids is 1. The first-order valence-electron chi connectivity index (χ1n) is 8.88. The molecule has 0 bridgehead atoms. The predicted molar refractivity (Wildman–Crippen MR) is 103 cm³/mol. The minimum absolute atomic E-state index is 0.0128. The van der Waals surface area contributed by atoms with E-state index in [-0.39, 0.29) is 19.3 Å². The first kappa shape index (κ1) is 23.5. The third kappa shape index (κ3) is 6.86. The predicted octanol–water partition coefficient (Wildman–Crippen LogP) is 2.16. The first-order chi connectivity index (χ1) is 12.6. The molecule has 0 spiro atoms. The summed E-state index contributed by atoms with van der Waals surface area (Å²) in [5.41, 5.74) is -0.304. The Bertz CT molecular complexity index is 700. The Morgan fingerprint density at radius 3 is 2.37 bits per heavy atom. The highest BCUT2D eigenvalue weighted by molar-refractivity contribution is 7.90. The van der Waals surface area contributed by atoms with Crippen molar-refractivity contribution in [3.05, 3.63) is 29.3 Å². The fourth-order valence-electron chi connectivity index (χ4n) is 2.27. The lowest BCUT2D eigenvalue weighted by Crippen LogP contribution is -2.45. The zero-order valence-electron chi connectivity index (χ0n) is 16.6. The summed E-state index contributed by atoms with van der Waals surface area (Å²) in [6.07, 6.45) is 0.439. The highest BCUT2D eigenvalue weighted by Gasteiger charge is 2.37. The number of rotatable bonds is 11. The lowest BCUT2D eigenvalue weighted by molar-refractivity contribution is -0.178. The third-order valence-electron chi connectivity index (χ3n) is 3.66. The summed E-state index contributed by atoms with van der Waals surface area (Å²) in [6, 6.07) is 5.38. The fourth-order valence-corrected chi connectivity index (χ4v) is 3.45. The van der Waals surface area contributed by atoms with Gasteiger partial charge in [-0.1, -0.05) is 43.4 Å². The van der Waals surface area contributed by atoms with Crippen LogP contribution in [0, 0.1) is 19.8 Å². The summed E-state index contributed by atoms with van der Waals surface area (Å²) >= 11 is 0. The van der Waals surface area contributed by atoms with Crippen molar-refractivity contribution < 1.29 is 27.9 Å². The Labute approximate surface area is 161 Å². The topological polar surface area (TPSA) is 105 Å². The summed E-state index contributed by atoms with van der Waals surface area (Å²) in [5, 5.41) is 12.6. The number of hydrogen-bond acceptors (Lipinski definition) is 6. The van der Waals surface area contributed by atoms with E-state index in [2.05, 4.69) is 5.32 Å². The van der Waals surface area contributed by atoms with E-state index in [1.165, 1.54) is 0 Å². The van der Waals surface area contributed by atoms with Crippen molar-refractivity contribution in [1.29, 1.82) is 0 Å². The number of nitrogens with zero attached hydrogens (tertiary/aromatic N) is 1. The lowest BCUT2D eigenvalue weighted by atomic mass is 10.1. The lowest BCUT2D eigenvalue weighted by Gasteiger charge is -2.24. The van der Waals surface area contributed by atoms with Gasteiger partial charge in [0, 0.05) is 12.2 Å². The van der Waals surface area contributed by atoms with Crippen LogP contribution >= 0.6 is 0 Å². The van der Waals surface area contributed by atoms with Crippen LogP contribution in [0.15, 0.2) is 18.2 Å². The van der Waals surface area contributed by atoms with Gasteiger partial charge in [-0.2, -0.15) is 0 Å². The molecule has 27 heavy (non-hydrogen) atoms. The Hall–Kier alpha value is -1.52. The van der Waals surface area contributed by atoms with Crippen molar-refractivity contribution in [2.24, 2.45) is 5.92 Å². The van der Waals surface area contributed by atoms with Gasteiger partial charge in [0.05, 0.1) is 6.61 Å². The van der Waals surface area contributed by atoms with Crippen molar-refractivity contribution in [2.45, 2.75) is 46.5 Å². The first-order valence-corrected chi connectivity index (χ1v) is 10.4. The van der Waals surface area contributed by atoms with Gasteiger partial charge < -0.3 is 15.2 Å². The van der Waals surface area contributed by atoms with E-state index in [1.54, 1.807) is 32.9 Å². The van der Waals surface area contributed by atoms with Crippen LogP contribution in [0.4, 0.5) is 5.69 Å². The summed E-state index contributed by atoms with van der Waals surface area (Å²) in [4.78, 5) is 17.5. The Morgan fingerprint density at radius 1 is 1.26 bits per heavy atom. The van der Waals surface area contributed by atoms with Crippen LogP contribution < -0.4 is 5.32 Å². The molecule has 1 rings (SSSR count). The minimum atomic E-state index is -4.43. The third-order valence-corrected chi connectivity index (χ3v) is 5.29. The Kier molecular flexibility index (Phi) is 9.34. The standard InChI is InChI=1S/C18H30N2O6S/c1-6-10-20(26-12-25-11-13(2)3)27(23,24)18(22)17(21)19-16-14(4)8-7-9-15(16)5/h7-9,13,18,22H,6,10-12H2,1-5H3,(H,19,21). The molecular formula is C18H30N2O6S. The number of aliphatic hydroxyl groups is 1. The van der Waals surface area contributed by atoms with Gasteiger partial charge in [-0.25, -0.2) is 8.42 Å². The van der Waals surface area contributed by atoms with Crippen molar-refractivity contribution in [1.82, 2.24) is 4.47 Å². The van der Waals surface area contributed by atoms with Gasteiger partial charge in [0.1, 0.15) is 0 Å². The molecule has 1 aromatic carbocycles. The van der Waals surface area contributed by atoms with Crippen molar-refractivity contribution in [3.8, 4) is 0 Å². The maximum absolute atomic E-state index is 12.6. The Morgan fingerprint density at radius 2 is 1.85 bits per heavy atom. The number of amides is 1. The van der Waals surface area contributed by atoms with E-state index in [4.69, 9.17) is 9.57 Å². The zero-order valence-corrected chi connectivity index (χ0v) is 17.4. The zero-order chi connectivity index (χ0) is 20.6. The number of hydrogen-bond donors (Lipinski definition) is 2. The fraction of sp³-hybridized carbons (Fsp3) is 0.611. The van der Waals surface area contributed by atoms with Crippen LogP contribution in [0.3, 0.4) is 0 Å². The molecule has 1 aromatic rings. The molecule has 0 aliphatic rings. The molecule has 0 aliphatic heterocycles. The average molecular weight is 403 g/mol. The number of aryl methyl sites for hydroxylation is 2. The monoisotopic (exact) mass is 402 g/mol. The second kappa shape index (κ2) is 10.7. The summed E-state index contributed by atoms with van der Waals surface area (Å²) in [6.45, 7) is 9.30. The highest BCUT2D eigenvalue weighted by atomic mass is 32.2. The number of para-hydroxylation sites is 1. The number of carbonyl (C=O) groups is 1. The second-order valence-electron chi connectivity index (χ2n) is 6.69. The molecule has 0 saturated heterocycles. The largest absolute Gasteiger partial charge is 0.368 e. The minimum Gasteiger partial charge on any atom is -0.368 e. The van der Waals surface area contributed by atoms with Gasteiger partial charge in [0.25, 0.3) is 21.4 Å². The van der Waals surface area contributed by atoms with Crippen LogP contribution in [0.5, 0.6) is 0 Å². The van der Waals surface area contributed by atoms with E-state index in [0.29, 0.717) is 23.2 Å². The van der Waals surface area contributed by atoms with E-state index in [0.717, 1.165) is 11.1 Å². The Balaban J connectivity index is 2.85. The number of benzene rings is 1. The van der Waals surface area contributed by atoms with Gasteiger partial charge in [-0.15, -0.1) is 0 Å². The molecule has 0 heterocycles. The molecule has 0 saturated carbocycles. The SMILES string of the molecule is CCCN(OCOCC(C)C)S(=O)(=O)C(O)C(=O)Nc1c(C)cccc1C. The maximum atomic E-state index is 12.6. The molecule has 0 radical (unpaired) electrons. The molecule has 2 N–H and O–H groups in total. The quantitative estimate of drug-likeness (QED) is 0.334. The molecule has 1 atom stereocenters. The van der Waals surface area contributed by atoms with Crippen LogP contribution in [-0.4, -0.2) is 49.3 Å². The molecule has 0 aromatic heterocycles. The molecule has 1 amide bonds. The van der Waals surface area contributed by atoms with Gasteiger partial charge in [0.15, 0.2) is 6.79 Å². The van der Waals surface area contributed by atoms with Crippen molar-refractivity contribution in [2.75, 3.05) is 25.3 Å². The number of ether oxygens (including phenoxy) is 1. The van der Waals surface area contributed by atoms with Gasteiger partial charge in [0.2, 0.25) is 0 Å². The van der Waals surface area contributed by atoms with E-state index >= 15 is 0 Å². The van der Waals surface area contributed by atoms with Crippen LogP contribution in [-0.2, 0) is 24.4 Å². The molecular weight excluding hydrogens is 372 g/mol. The summed E-state index contributed by atoms with van der Waals surface area (Å²) in [7, 11) is -4.43. The molecule has 8 nitrogen and oxygen atoms in total. The smallest absolute Gasteiger partial charge is 0.272 e. The average Bonchev–Trinajstić information content (AvgIpc) is 2.59. The molecule has 154 valence electrons. The number of anilines is 1. The van der Waals surface area contributed by atoms with E-state index in [1.807, 2.05) is 19.9 Å². The van der Waals surface area contributed by atoms with Crippen molar-refractivity contribution in [3.63, 3.8) is 0 Å². The molecule has 0 aliphatic carbocycles. The van der Waals surface area contributed by atoms with E-state index in [9.17, 15) is 18.3 Å². The second-order valence-corrected chi connectivity index (χ2v) is 8.58. The van der Waals surface area contributed by atoms with Gasteiger partial charge in [-0.3, -0.25) is 9.63 Å². The summed E-state index contributed by atoms with van der Waals surface area (Å²) < 4.78 is 31.0. The number of hydroxylamine groups is 1.